The number of hydrogen-bond donors (Lipinski definition) is 3. The van der Waals surface area contributed by atoms with Crippen LogP contribution in [0.5, 0.6) is 5.75 Å². The first-order chi connectivity index (χ1) is 23.8. The average Bonchev–Trinajstić information content (AvgIpc) is 3.54. The number of nitrogens with one attached hydrogen (secondary N) is 2. The Morgan fingerprint density at radius 1 is 1.04 bits per heavy atom. The van der Waals surface area contributed by atoms with E-state index in [2.05, 4.69) is 15.6 Å². The van der Waals surface area contributed by atoms with Gasteiger partial charge in [-0.05, 0) is 74.9 Å². The van der Waals surface area contributed by atoms with Crippen molar-refractivity contribution >= 4 is 45.4 Å². The molecule has 0 aromatic carbocycles. The van der Waals surface area contributed by atoms with Crippen LogP contribution in [0.1, 0.15) is 70.6 Å². The number of ether oxygens (including phenoxy) is 2. The smallest absolute Gasteiger partial charge is 0.408 e. The maximum atomic E-state index is 14.4. The van der Waals surface area contributed by atoms with Crippen LogP contribution in [0.2, 0.25) is 0 Å². The van der Waals surface area contributed by atoms with Crippen LogP contribution in [0.4, 0.5) is 4.79 Å². The molecule has 49 heavy (non-hydrogen) atoms. The van der Waals surface area contributed by atoms with E-state index in [1.807, 2.05) is 47.9 Å². The second kappa shape index (κ2) is 14.1. The number of aliphatic carboxylic acids is 1. The number of alkyl carbamates (subject to hydrolysis) is 1. The average molecular weight is 688 g/mol. The Hall–Kier alpha value is -4.52. The van der Waals surface area contributed by atoms with Crippen molar-refractivity contribution < 1.29 is 33.8 Å². The molecule has 0 unspecified atom stereocenters. The molecule has 12 nitrogen and oxygen atoms in total. The topological polar surface area (TPSA) is 160 Å². The number of hydrogen-bond acceptors (Lipinski definition) is 9. The highest BCUT2D eigenvalue weighted by molar-refractivity contribution is 7.17. The highest BCUT2D eigenvalue weighted by atomic mass is 32.1. The molecular weight excluding hydrogens is 646 g/mol. The molecule has 2 aliphatic heterocycles. The van der Waals surface area contributed by atoms with Gasteiger partial charge in [-0.15, -0.1) is 11.3 Å². The van der Waals surface area contributed by atoms with Crippen LogP contribution < -0.4 is 15.4 Å². The van der Waals surface area contributed by atoms with Crippen molar-refractivity contribution in [1.29, 1.82) is 0 Å². The van der Waals surface area contributed by atoms with Gasteiger partial charge in [0.05, 0.1) is 28.1 Å². The van der Waals surface area contributed by atoms with E-state index in [-0.39, 0.29) is 31.4 Å². The van der Waals surface area contributed by atoms with Gasteiger partial charge < -0.3 is 30.1 Å². The number of amides is 3. The van der Waals surface area contributed by atoms with Crippen molar-refractivity contribution in [1.82, 2.24) is 25.5 Å². The number of rotatable bonds is 6. The molecule has 7 rings (SSSR count). The Kier molecular flexibility index (Phi) is 9.53. The summed E-state index contributed by atoms with van der Waals surface area (Å²) in [5.41, 5.74) is 0.630. The Labute approximate surface area is 288 Å². The van der Waals surface area contributed by atoms with Gasteiger partial charge in [-0.25, -0.2) is 14.6 Å². The summed E-state index contributed by atoms with van der Waals surface area (Å²) in [7, 11) is 0. The van der Waals surface area contributed by atoms with Crippen molar-refractivity contribution in [2.75, 3.05) is 6.54 Å². The molecule has 3 fully saturated rings. The number of nitrogens with zero attached hydrogens (tertiary/aromatic N) is 3. The Balaban J connectivity index is 1.18. The summed E-state index contributed by atoms with van der Waals surface area (Å²) in [6.45, 7) is 0.0737. The van der Waals surface area contributed by atoms with Crippen LogP contribution in [0.25, 0.3) is 21.6 Å². The third kappa shape index (κ3) is 7.12. The quantitative estimate of drug-likeness (QED) is 0.295. The number of carbonyl (C=O) groups excluding carboxylic acids is 3. The van der Waals surface area contributed by atoms with Crippen molar-refractivity contribution in [2.24, 2.45) is 5.92 Å². The molecule has 0 spiro atoms. The lowest BCUT2D eigenvalue weighted by atomic mass is 10.0. The van der Waals surface area contributed by atoms with Crippen LogP contribution in [0.3, 0.4) is 0 Å². The van der Waals surface area contributed by atoms with Crippen molar-refractivity contribution in [2.45, 2.75) is 100 Å². The highest BCUT2D eigenvalue weighted by Gasteiger charge is 2.61. The van der Waals surface area contributed by atoms with Gasteiger partial charge in [0.2, 0.25) is 11.8 Å². The predicted molar refractivity (Wildman–Crippen MR) is 182 cm³/mol. The Morgan fingerprint density at radius 2 is 1.88 bits per heavy atom. The summed E-state index contributed by atoms with van der Waals surface area (Å²) < 4.78 is 13.1. The first-order valence-electron chi connectivity index (χ1n) is 17.3. The first kappa shape index (κ1) is 33.0. The largest absolute Gasteiger partial charge is 0.487 e. The van der Waals surface area contributed by atoms with Crippen LogP contribution in [-0.2, 0) is 19.1 Å². The number of aromatic nitrogens is 2. The second-order valence-corrected chi connectivity index (χ2v) is 14.4. The molecule has 5 heterocycles. The number of carboxylic acids is 1. The summed E-state index contributed by atoms with van der Waals surface area (Å²) >= 11 is 1.48. The molecule has 0 radical (unpaired) electrons. The Morgan fingerprint density at radius 3 is 2.67 bits per heavy atom. The van der Waals surface area contributed by atoms with E-state index in [0.29, 0.717) is 30.0 Å². The normalized spacial score (nSPS) is 27.8. The van der Waals surface area contributed by atoms with Gasteiger partial charge in [0.1, 0.15) is 35.6 Å². The summed E-state index contributed by atoms with van der Waals surface area (Å²) in [6.07, 6.45) is 11.7. The van der Waals surface area contributed by atoms with E-state index in [1.165, 1.54) is 16.2 Å². The molecular formula is C36H41N5O7S. The van der Waals surface area contributed by atoms with Gasteiger partial charge in [0.25, 0.3) is 0 Å². The SMILES string of the molecule is O=C(N[C@H]1CCCCCC=C[C@@H]2C[C@@]2(C(=O)O)NC(=O)[C@@H]2C[C@@H](Oc3cc(-c4ccccn4)nc4ccsc34)CN2C1=O)OC1CCCC1. The summed E-state index contributed by atoms with van der Waals surface area (Å²) in [5, 5.41) is 17.7. The van der Waals surface area contributed by atoms with E-state index >= 15 is 0 Å². The second-order valence-electron chi connectivity index (χ2n) is 13.5. The number of thiophene rings is 1. The molecule has 3 amide bonds. The van der Waals surface area contributed by atoms with Gasteiger partial charge in [0.15, 0.2) is 0 Å². The van der Waals surface area contributed by atoms with E-state index in [9.17, 15) is 24.3 Å². The van der Waals surface area contributed by atoms with Gasteiger partial charge >= 0.3 is 12.1 Å². The van der Waals surface area contributed by atoms with Crippen LogP contribution >= 0.6 is 11.3 Å². The van der Waals surface area contributed by atoms with Crippen LogP contribution in [-0.4, -0.2) is 80.2 Å². The molecule has 3 aromatic heterocycles. The molecule has 258 valence electrons. The van der Waals surface area contributed by atoms with E-state index in [4.69, 9.17) is 14.5 Å². The number of fused-ring (bicyclic) bond motifs is 3. The molecule has 13 heteroatoms. The van der Waals surface area contributed by atoms with Crippen molar-refractivity contribution in [3.63, 3.8) is 0 Å². The zero-order valence-electron chi connectivity index (χ0n) is 27.2. The monoisotopic (exact) mass is 687 g/mol. The molecule has 2 saturated carbocycles. The van der Waals surface area contributed by atoms with Gasteiger partial charge in [-0.2, -0.15) is 0 Å². The number of carbonyl (C=O) groups is 4. The summed E-state index contributed by atoms with van der Waals surface area (Å²) in [5.74, 6) is -1.83. The third-order valence-corrected chi connectivity index (χ3v) is 11.0. The van der Waals surface area contributed by atoms with Crippen molar-refractivity contribution in [3.8, 4) is 17.1 Å². The lowest BCUT2D eigenvalue weighted by Gasteiger charge is -2.29. The Bertz CT molecular complexity index is 1740. The fourth-order valence-electron chi connectivity index (χ4n) is 7.32. The maximum Gasteiger partial charge on any atom is 0.408 e. The highest BCUT2D eigenvalue weighted by Crippen LogP contribution is 2.45. The lowest BCUT2D eigenvalue weighted by molar-refractivity contribution is -0.145. The standard InChI is InChI=1S/C36H41N5O7S/c42-32-29-18-24(47-30-19-28(25-13-8-9-16-37-25)38-26-15-17-49-31(26)30)21-41(29)33(43)27(39-35(46)48-23-11-6-7-12-23)14-5-3-1-2-4-10-22-20-36(22,40-32)34(44)45/h4,8-10,13,15-17,19,22-24,27,29H,1-3,5-7,11-12,14,18,20-21H2,(H,39,46)(H,40,42)(H,44,45)/t22-,24-,27+,29+,36-/m1/s1. The van der Waals surface area contributed by atoms with Crippen LogP contribution in [0, 0.1) is 5.92 Å². The van der Waals surface area contributed by atoms with Crippen LogP contribution in [0.15, 0.2) is 54.1 Å². The lowest BCUT2D eigenvalue weighted by Crippen LogP contribution is -2.56. The molecule has 2 aliphatic carbocycles. The first-order valence-corrected chi connectivity index (χ1v) is 18.1. The molecule has 3 aromatic rings. The minimum atomic E-state index is -1.42. The number of allylic oxidation sites excluding steroid dienone is 1. The molecule has 0 bridgehead atoms. The number of carboxylic acid groups (broad SMARTS) is 1. The molecule has 3 N–H and O–H groups in total. The minimum absolute atomic E-state index is 0.0737. The minimum Gasteiger partial charge on any atom is -0.487 e. The maximum absolute atomic E-state index is 14.4. The van der Waals surface area contributed by atoms with Crippen molar-refractivity contribution in [3.05, 3.63) is 54.1 Å². The molecule has 1 saturated heterocycles. The number of pyridine rings is 2. The van der Waals surface area contributed by atoms with Gasteiger partial charge in [0, 0.05) is 24.6 Å². The zero-order chi connectivity index (χ0) is 34.0. The van der Waals surface area contributed by atoms with Gasteiger partial charge in [-0.3, -0.25) is 14.6 Å². The molecule has 5 atom stereocenters. The predicted octanol–water partition coefficient (Wildman–Crippen LogP) is 5.22. The third-order valence-electron chi connectivity index (χ3n) is 10.1. The fourth-order valence-corrected chi connectivity index (χ4v) is 8.11. The summed E-state index contributed by atoms with van der Waals surface area (Å²) in [4.78, 5) is 64.5. The van der Waals surface area contributed by atoms with E-state index in [0.717, 1.165) is 55.2 Å². The van der Waals surface area contributed by atoms with E-state index < -0.39 is 47.6 Å². The van der Waals surface area contributed by atoms with E-state index in [1.54, 1.807) is 6.20 Å². The van der Waals surface area contributed by atoms with Gasteiger partial charge in [-0.1, -0.05) is 31.1 Å². The molecule has 4 aliphatic rings. The zero-order valence-corrected chi connectivity index (χ0v) is 28.0. The fraction of sp³-hybridized carbons (Fsp3) is 0.500. The summed E-state index contributed by atoms with van der Waals surface area (Å²) in [6, 6.07) is 7.39.